The number of aliphatic hydroxyl groups is 1. The van der Waals surface area contributed by atoms with E-state index in [-0.39, 0.29) is 55.3 Å². The summed E-state index contributed by atoms with van der Waals surface area (Å²) in [6.45, 7) is 11.9. The van der Waals surface area contributed by atoms with E-state index in [9.17, 15) is 13.6 Å². The molecule has 70 heavy (non-hydrogen) atoms. The third kappa shape index (κ3) is 16.6. The molecule has 3 heterocycles. The summed E-state index contributed by atoms with van der Waals surface area (Å²) in [6.07, 6.45) is 3.06. The lowest BCUT2D eigenvalue weighted by molar-refractivity contribution is -0.165. The van der Waals surface area contributed by atoms with Crippen molar-refractivity contribution in [2.45, 2.75) is 82.6 Å². The highest BCUT2D eigenvalue weighted by Gasteiger charge is 2.35. The monoisotopic (exact) mass is 1040 g/mol. The highest BCUT2D eigenvalue weighted by atomic mass is 35.5. The van der Waals surface area contributed by atoms with Gasteiger partial charge in [-0.25, -0.2) is 13.6 Å². The van der Waals surface area contributed by atoms with E-state index in [1.165, 1.54) is 36.8 Å². The summed E-state index contributed by atoms with van der Waals surface area (Å²) in [6, 6.07) is 35.9. The van der Waals surface area contributed by atoms with E-state index in [2.05, 4.69) is 62.9 Å². The van der Waals surface area contributed by atoms with Crippen LogP contribution in [0.5, 0.6) is 11.5 Å². The minimum Gasteiger partial charge on any atom is -0.491 e. The molecule has 0 amide bonds. The molecule has 3 aliphatic heterocycles. The molecule has 8 rings (SSSR count). The highest BCUT2D eigenvalue weighted by Crippen LogP contribution is 2.40. The Morgan fingerprint density at radius 2 is 1.34 bits per heavy atom. The zero-order valence-electron chi connectivity index (χ0n) is 39.6. The average Bonchev–Trinajstić information content (AvgIpc) is 3.34. The fourth-order valence-electron chi connectivity index (χ4n) is 8.85. The minimum absolute atomic E-state index is 0.0243. The molecule has 0 bridgehead atoms. The number of anilines is 2. The number of alkyl halides is 1. The number of hydrogen-bond acceptors (Lipinski definition) is 11. The van der Waals surface area contributed by atoms with Gasteiger partial charge < -0.3 is 43.9 Å². The number of nitrogens with zero attached hydrogens (tertiary/aromatic N) is 3. The molecule has 6 atom stereocenters. The molecular formula is C53H62Cl4F2N4O7. The van der Waals surface area contributed by atoms with Crippen LogP contribution in [0.1, 0.15) is 68.8 Å². The van der Waals surface area contributed by atoms with E-state index in [1.54, 1.807) is 6.07 Å². The van der Waals surface area contributed by atoms with E-state index in [0.29, 0.717) is 34.8 Å². The number of nitrogens with one attached hydrogen (secondary N) is 1. The number of rotatable bonds is 15. The Morgan fingerprint density at radius 3 is 1.87 bits per heavy atom. The summed E-state index contributed by atoms with van der Waals surface area (Å²) >= 11 is 23.3. The molecule has 378 valence electrons. The predicted octanol–water partition coefficient (Wildman–Crippen LogP) is 12.2. The van der Waals surface area contributed by atoms with Gasteiger partial charge in [0.05, 0.1) is 46.7 Å². The standard InChI is InChI=1S/C31H36ClFN2O3.C19H22ClFN2O2.C3H4Cl2O2/c1-23-20-34(21-24-7-3-2-4-8-24)22-30(25-10-12-26(33)13-11-25)35(23)29-15-14-27(19-28(29)32)36-17-18-38-31-9-5-6-16-37-31;1-13-11-22-12-19(14-2-4-15(21)5-3-14)23(13)18-7-6-16(10-17(18)20)25-9-8-24;1-2(4)7-3(5)6/h2-4,7-8,10-15,19,23,30-31H,5-6,9,16-18,20-22H2,1H3;2-7,10,13,19,22,24H,8-9,11-12H2,1H3;2H,1H3/t23-,30+,31?;13-,19+;/m11./s1. The Balaban J connectivity index is 0.000000215. The number of carbonyl (C=O) groups excluding carboxylic acids is 1. The Kier molecular flexibility index (Phi) is 22.0. The van der Waals surface area contributed by atoms with Crippen molar-refractivity contribution in [2.75, 3.05) is 69.0 Å². The predicted molar refractivity (Wildman–Crippen MR) is 275 cm³/mol. The van der Waals surface area contributed by atoms with E-state index in [0.717, 1.165) is 81.1 Å². The first kappa shape index (κ1) is 54.9. The van der Waals surface area contributed by atoms with Crippen LogP contribution in [-0.4, -0.2) is 98.6 Å². The molecule has 0 aromatic heterocycles. The third-order valence-corrected chi connectivity index (χ3v) is 12.7. The Labute approximate surface area is 430 Å². The average molecular weight is 1050 g/mol. The number of piperazine rings is 2. The fourth-order valence-corrected chi connectivity index (χ4v) is 9.65. The van der Waals surface area contributed by atoms with Gasteiger partial charge in [-0.05, 0) is 105 Å². The van der Waals surface area contributed by atoms with Gasteiger partial charge in [0.2, 0.25) is 0 Å². The fraction of sp³-hybridized carbons (Fsp3) is 0.415. The summed E-state index contributed by atoms with van der Waals surface area (Å²) in [5, 5.41) is 13.5. The first-order valence-electron chi connectivity index (χ1n) is 23.5. The van der Waals surface area contributed by atoms with E-state index in [1.807, 2.05) is 60.7 Å². The van der Waals surface area contributed by atoms with Crippen LogP contribution in [-0.2, 0) is 20.8 Å². The molecule has 0 spiro atoms. The van der Waals surface area contributed by atoms with Gasteiger partial charge in [-0.3, -0.25) is 4.90 Å². The van der Waals surface area contributed by atoms with E-state index >= 15 is 0 Å². The second-order valence-electron chi connectivity index (χ2n) is 17.2. The van der Waals surface area contributed by atoms with Crippen molar-refractivity contribution in [1.29, 1.82) is 0 Å². The zero-order valence-corrected chi connectivity index (χ0v) is 42.7. The normalized spacial score (nSPS) is 20.8. The second kappa shape index (κ2) is 28.0. The maximum Gasteiger partial charge on any atom is 0.405 e. The summed E-state index contributed by atoms with van der Waals surface area (Å²) in [4.78, 5) is 16.8. The molecule has 5 aromatic carbocycles. The first-order valence-corrected chi connectivity index (χ1v) is 25.1. The molecule has 0 radical (unpaired) electrons. The Hall–Kier alpha value is -4.41. The minimum atomic E-state index is -0.873. The molecule has 17 heteroatoms. The Morgan fingerprint density at radius 1 is 0.757 bits per heavy atom. The number of benzene rings is 5. The molecule has 11 nitrogen and oxygen atoms in total. The maximum atomic E-state index is 13.8. The lowest BCUT2D eigenvalue weighted by Crippen LogP contribution is -2.53. The van der Waals surface area contributed by atoms with Gasteiger partial charge in [0, 0.05) is 75.1 Å². The van der Waals surface area contributed by atoms with Crippen molar-refractivity contribution in [1.82, 2.24) is 10.2 Å². The SMILES string of the molecule is CC(Cl)OC(=O)Cl.C[C@@H]1CN(Cc2ccccc2)C[C@@H](c2ccc(F)cc2)N1c1ccc(OCCOC2CCCCO2)cc1Cl.C[C@@H]1CNC[C@@H](c2ccc(F)cc2)N1c1ccc(OCCO)cc1Cl. The number of aliphatic hydroxyl groups excluding tert-OH is 1. The van der Waals surface area contributed by atoms with Crippen molar-refractivity contribution in [3.8, 4) is 11.5 Å². The molecule has 0 saturated carbocycles. The van der Waals surface area contributed by atoms with Crippen molar-refractivity contribution < 1.29 is 42.4 Å². The van der Waals surface area contributed by atoms with Crippen molar-refractivity contribution in [3.63, 3.8) is 0 Å². The molecule has 3 aliphatic rings. The molecule has 3 saturated heterocycles. The maximum absolute atomic E-state index is 13.8. The number of halogens is 6. The molecule has 0 aliphatic carbocycles. The van der Waals surface area contributed by atoms with Crippen LogP contribution >= 0.6 is 46.4 Å². The molecule has 2 unspecified atom stereocenters. The van der Waals surface area contributed by atoms with Gasteiger partial charge in [0.15, 0.2) is 11.9 Å². The largest absolute Gasteiger partial charge is 0.491 e. The van der Waals surface area contributed by atoms with Crippen LogP contribution in [0.25, 0.3) is 0 Å². The van der Waals surface area contributed by atoms with Crippen molar-refractivity contribution in [2.24, 2.45) is 0 Å². The Bertz CT molecular complexity index is 2350. The third-order valence-electron chi connectivity index (χ3n) is 11.9. The zero-order chi connectivity index (χ0) is 50.0. The molecular weight excluding hydrogens is 984 g/mol. The summed E-state index contributed by atoms with van der Waals surface area (Å²) in [5.41, 5.74) is 3.75. The van der Waals surface area contributed by atoms with Crippen LogP contribution in [0.15, 0.2) is 115 Å². The molecule has 2 N–H and O–H groups in total. The van der Waals surface area contributed by atoms with E-state index in [4.69, 9.17) is 70.5 Å². The lowest BCUT2D eigenvalue weighted by Gasteiger charge is -2.47. The number of carbonyl (C=O) groups is 1. The van der Waals surface area contributed by atoms with E-state index < -0.39 is 11.0 Å². The highest BCUT2D eigenvalue weighted by molar-refractivity contribution is 6.61. The summed E-state index contributed by atoms with van der Waals surface area (Å²) in [7, 11) is 0. The second-order valence-corrected chi connectivity index (χ2v) is 18.9. The van der Waals surface area contributed by atoms with Gasteiger partial charge >= 0.3 is 5.43 Å². The van der Waals surface area contributed by atoms with Gasteiger partial charge in [-0.2, -0.15) is 0 Å². The van der Waals surface area contributed by atoms with Crippen molar-refractivity contribution >= 4 is 63.2 Å². The van der Waals surface area contributed by atoms with Gasteiger partial charge in [-0.15, -0.1) is 0 Å². The summed E-state index contributed by atoms with van der Waals surface area (Å²) in [5.74, 6) is 0.865. The summed E-state index contributed by atoms with van der Waals surface area (Å²) < 4.78 is 53.9. The van der Waals surface area contributed by atoms with Crippen LogP contribution in [0.4, 0.5) is 25.0 Å². The van der Waals surface area contributed by atoms with Crippen LogP contribution in [0, 0.1) is 11.6 Å². The number of hydrogen-bond donors (Lipinski definition) is 2. The smallest absolute Gasteiger partial charge is 0.405 e. The van der Waals surface area contributed by atoms with Gasteiger partial charge in [0.1, 0.15) is 36.3 Å². The lowest BCUT2D eigenvalue weighted by atomic mass is 9.97. The first-order chi connectivity index (χ1) is 33.8. The topological polar surface area (TPSA) is 105 Å². The van der Waals surface area contributed by atoms with Gasteiger partial charge in [0.25, 0.3) is 0 Å². The van der Waals surface area contributed by atoms with Crippen LogP contribution in [0.3, 0.4) is 0 Å². The van der Waals surface area contributed by atoms with Crippen LogP contribution < -0.4 is 24.6 Å². The van der Waals surface area contributed by atoms with Crippen molar-refractivity contribution in [3.05, 3.63) is 154 Å². The molecule has 5 aromatic rings. The van der Waals surface area contributed by atoms with Crippen LogP contribution in [0.2, 0.25) is 10.0 Å². The number of ether oxygens (including phenoxy) is 5. The quantitative estimate of drug-likeness (QED) is 0.0595. The molecule has 3 fully saturated rings. The van der Waals surface area contributed by atoms with Gasteiger partial charge in [-0.1, -0.05) is 89.4 Å².